The number of ether oxygens (including phenoxy) is 2. The summed E-state index contributed by atoms with van der Waals surface area (Å²) >= 11 is 0. The van der Waals surface area contributed by atoms with Crippen molar-refractivity contribution in [3.8, 4) is 0 Å². The van der Waals surface area contributed by atoms with E-state index < -0.39 is 0 Å². The van der Waals surface area contributed by atoms with Crippen LogP contribution in [0.3, 0.4) is 0 Å². The van der Waals surface area contributed by atoms with E-state index in [1.165, 1.54) is 0 Å². The van der Waals surface area contributed by atoms with Crippen molar-refractivity contribution < 1.29 is 14.3 Å². The number of nitrogens with zero attached hydrogens (tertiary/aromatic N) is 3. The highest BCUT2D eigenvalue weighted by Gasteiger charge is 2.48. The van der Waals surface area contributed by atoms with Crippen LogP contribution in [0, 0.1) is 0 Å². The first-order valence-corrected chi connectivity index (χ1v) is 8.36. The van der Waals surface area contributed by atoms with Gasteiger partial charge in [0, 0.05) is 32.2 Å². The average Bonchev–Trinajstić information content (AvgIpc) is 3.12. The lowest BCUT2D eigenvalue weighted by Crippen LogP contribution is -2.61. The van der Waals surface area contributed by atoms with Crippen molar-refractivity contribution in [1.82, 2.24) is 14.5 Å². The van der Waals surface area contributed by atoms with Crippen molar-refractivity contribution in [2.45, 2.75) is 31.5 Å². The highest BCUT2D eigenvalue weighted by atomic mass is 16.6. The second-order valence-electron chi connectivity index (χ2n) is 7.57. The number of aromatic nitrogens is 2. The number of benzene rings is 1. The largest absolute Gasteiger partial charge is 0.378 e. The number of carbonyl (C=O) groups excluding carboxylic acids is 1. The highest BCUT2D eigenvalue weighted by molar-refractivity contribution is 5.97. The molecule has 6 nitrogen and oxygen atoms in total. The van der Waals surface area contributed by atoms with E-state index in [4.69, 9.17) is 9.47 Å². The topological polar surface area (TPSA) is 56.6 Å². The van der Waals surface area contributed by atoms with Crippen molar-refractivity contribution in [2.75, 3.05) is 26.3 Å². The van der Waals surface area contributed by atoms with Crippen LogP contribution in [0.5, 0.6) is 0 Å². The van der Waals surface area contributed by atoms with Crippen LogP contribution in [0.25, 0.3) is 11.0 Å². The van der Waals surface area contributed by atoms with Gasteiger partial charge in [0.25, 0.3) is 5.91 Å². The fraction of sp³-hybridized carbons (Fsp3) is 0.556. The van der Waals surface area contributed by atoms with Crippen LogP contribution in [-0.4, -0.2) is 57.9 Å². The van der Waals surface area contributed by atoms with Crippen LogP contribution in [0.1, 0.15) is 30.6 Å². The van der Waals surface area contributed by atoms with Gasteiger partial charge in [-0.1, -0.05) is 0 Å². The van der Waals surface area contributed by atoms with Gasteiger partial charge in [-0.15, -0.1) is 0 Å². The minimum Gasteiger partial charge on any atom is -0.378 e. The van der Waals surface area contributed by atoms with E-state index in [-0.39, 0.29) is 17.1 Å². The minimum atomic E-state index is -0.378. The zero-order chi connectivity index (χ0) is 16.9. The molecule has 4 rings (SSSR count). The molecule has 0 aliphatic carbocycles. The van der Waals surface area contributed by atoms with Gasteiger partial charge in [-0.2, -0.15) is 0 Å². The van der Waals surface area contributed by atoms with E-state index in [0.29, 0.717) is 31.9 Å². The van der Waals surface area contributed by atoms with Crippen LogP contribution in [0.2, 0.25) is 0 Å². The van der Waals surface area contributed by atoms with Crippen molar-refractivity contribution in [1.29, 1.82) is 0 Å². The summed E-state index contributed by atoms with van der Waals surface area (Å²) in [4.78, 5) is 19.3. The van der Waals surface area contributed by atoms with Gasteiger partial charge in [0.1, 0.15) is 5.60 Å². The average molecular weight is 329 g/mol. The summed E-state index contributed by atoms with van der Waals surface area (Å²) in [7, 11) is 1.95. The fourth-order valence-electron chi connectivity index (χ4n) is 3.90. The molecule has 1 amide bonds. The molecule has 0 radical (unpaired) electrons. The molecular formula is C18H23N3O3. The molecule has 2 saturated heterocycles. The van der Waals surface area contributed by atoms with Gasteiger partial charge in [0.15, 0.2) is 0 Å². The summed E-state index contributed by atoms with van der Waals surface area (Å²) in [5, 5.41) is 0. The van der Waals surface area contributed by atoms with Gasteiger partial charge < -0.3 is 18.9 Å². The lowest BCUT2D eigenvalue weighted by Gasteiger charge is -2.48. The Balaban J connectivity index is 1.64. The molecule has 6 heteroatoms. The Labute approximate surface area is 141 Å². The summed E-state index contributed by atoms with van der Waals surface area (Å²) in [5.74, 6) is 0.0326. The smallest absolute Gasteiger partial charge is 0.254 e. The van der Waals surface area contributed by atoms with Gasteiger partial charge in [0.05, 0.1) is 36.1 Å². The predicted molar refractivity (Wildman–Crippen MR) is 89.9 cm³/mol. The highest BCUT2D eigenvalue weighted by Crippen LogP contribution is 2.35. The Morgan fingerprint density at radius 2 is 2.12 bits per heavy atom. The first kappa shape index (κ1) is 15.6. The van der Waals surface area contributed by atoms with E-state index in [0.717, 1.165) is 17.5 Å². The normalized spacial score (nSPS) is 26.4. The summed E-state index contributed by atoms with van der Waals surface area (Å²) in [6.45, 7) is 6.48. The summed E-state index contributed by atoms with van der Waals surface area (Å²) < 4.78 is 13.8. The lowest BCUT2D eigenvalue weighted by molar-refractivity contribution is -0.186. The van der Waals surface area contributed by atoms with Crippen LogP contribution >= 0.6 is 0 Å². The second-order valence-corrected chi connectivity index (χ2v) is 7.57. The molecule has 2 aliphatic heterocycles. The van der Waals surface area contributed by atoms with E-state index in [9.17, 15) is 4.79 Å². The van der Waals surface area contributed by atoms with Crippen LogP contribution < -0.4 is 0 Å². The predicted octanol–water partition coefficient (Wildman–Crippen LogP) is 1.98. The molecule has 1 aromatic carbocycles. The molecule has 24 heavy (non-hydrogen) atoms. The van der Waals surface area contributed by atoms with Gasteiger partial charge in [-0.3, -0.25) is 4.79 Å². The monoisotopic (exact) mass is 329 g/mol. The van der Waals surface area contributed by atoms with Gasteiger partial charge in [-0.25, -0.2) is 4.98 Å². The second kappa shape index (κ2) is 5.29. The van der Waals surface area contributed by atoms with Crippen molar-refractivity contribution >= 4 is 16.9 Å². The summed E-state index contributed by atoms with van der Waals surface area (Å²) in [6.07, 6.45) is 2.60. The SMILES string of the molecule is Cn1cnc2cc(C(=O)N3CC(C)(C)OC4(CCOC4)C3)ccc21. The van der Waals surface area contributed by atoms with Crippen LogP contribution in [-0.2, 0) is 16.5 Å². The molecule has 2 aliphatic rings. The van der Waals surface area contributed by atoms with Gasteiger partial charge in [0.2, 0.25) is 0 Å². The third kappa shape index (κ3) is 2.59. The summed E-state index contributed by atoms with van der Waals surface area (Å²) in [5.41, 5.74) is 1.79. The number of hydrogen-bond donors (Lipinski definition) is 0. The standard InChI is InChI=1S/C18H23N3O3/c1-17(2)9-21(10-18(24-17)6-7-23-11-18)16(22)13-4-5-15-14(8-13)19-12-20(15)3/h4-5,8,12H,6-7,9-11H2,1-3H3. The Morgan fingerprint density at radius 1 is 1.29 bits per heavy atom. The molecule has 1 unspecified atom stereocenters. The van der Waals surface area contributed by atoms with E-state index in [1.54, 1.807) is 6.33 Å². The molecule has 1 aromatic heterocycles. The van der Waals surface area contributed by atoms with Crippen molar-refractivity contribution in [3.63, 3.8) is 0 Å². The number of morpholine rings is 1. The number of imidazole rings is 1. The Hall–Kier alpha value is -1.92. The number of rotatable bonds is 1. The molecule has 128 valence electrons. The quantitative estimate of drug-likeness (QED) is 0.803. The molecule has 0 bridgehead atoms. The first-order chi connectivity index (χ1) is 11.4. The van der Waals surface area contributed by atoms with Crippen LogP contribution in [0.15, 0.2) is 24.5 Å². The number of amides is 1. The number of carbonyl (C=O) groups is 1. The zero-order valence-electron chi connectivity index (χ0n) is 14.4. The molecule has 1 atom stereocenters. The van der Waals surface area contributed by atoms with E-state index in [2.05, 4.69) is 4.98 Å². The number of fused-ring (bicyclic) bond motifs is 1. The molecule has 0 N–H and O–H groups in total. The summed E-state index contributed by atoms with van der Waals surface area (Å²) in [6, 6.07) is 5.71. The van der Waals surface area contributed by atoms with Crippen LogP contribution in [0.4, 0.5) is 0 Å². The van der Waals surface area contributed by atoms with Gasteiger partial charge in [-0.05, 0) is 32.0 Å². The minimum absolute atomic E-state index is 0.0326. The van der Waals surface area contributed by atoms with Crippen molar-refractivity contribution in [3.05, 3.63) is 30.1 Å². The number of hydrogen-bond acceptors (Lipinski definition) is 4. The third-order valence-electron chi connectivity index (χ3n) is 4.87. The lowest BCUT2D eigenvalue weighted by atomic mass is 9.94. The third-order valence-corrected chi connectivity index (χ3v) is 4.87. The van der Waals surface area contributed by atoms with Crippen molar-refractivity contribution in [2.24, 2.45) is 7.05 Å². The Kier molecular flexibility index (Phi) is 3.44. The molecule has 2 fully saturated rings. The molecule has 1 spiro atoms. The zero-order valence-corrected chi connectivity index (χ0v) is 14.4. The molecule has 2 aromatic rings. The fourth-order valence-corrected chi connectivity index (χ4v) is 3.90. The van der Waals surface area contributed by atoms with E-state index in [1.807, 2.05) is 48.6 Å². The Bertz CT molecular complexity index is 790. The molecule has 0 saturated carbocycles. The Morgan fingerprint density at radius 3 is 2.88 bits per heavy atom. The molecular weight excluding hydrogens is 306 g/mol. The first-order valence-electron chi connectivity index (χ1n) is 8.36. The maximum atomic E-state index is 13.1. The molecule has 3 heterocycles. The van der Waals surface area contributed by atoms with E-state index >= 15 is 0 Å². The maximum Gasteiger partial charge on any atom is 0.254 e. The maximum absolute atomic E-state index is 13.1. The number of aryl methyl sites for hydroxylation is 1. The van der Waals surface area contributed by atoms with Gasteiger partial charge >= 0.3 is 0 Å².